The summed E-state index contributed by atoms with van der Waals surface area (Å²) in [4.78, 5) is 7.29. The van der Waals surface area contributed by atoms with Gasteiger partial charge >= 0.3 is 0 Å². The highest BCUT2D eigenvalue weighted by Crippen LogP contribution is 2.14. The Bertz CT molecular complexity index is 456. The van der Waals surface area contributed by atoms with E-state index >= 15 is 0 Å². The number of hydrogen-bond acceptors (Lipinski definition) is 4. The van der Waals surface area contributed by atoms with Crippen molar-refractivity contribution in [2.45, 2.75) is 37.6 Å². The summed E-state index contributed by atoms with van der Waals surface area (Å²) in [5.41, 5.74) is -0.502. The molecule has 0 saturated heterocycles. The van der Waals surface area contributed by atoms with Crippen LogP contribution in [0.15, 0.2) is 17.3 Å². The smallest absolute Gasteiger partial charge is 0.225 e. The Morgan fingerprint density at radius 1 is 1.38 bits per heavy atom. The first-order valence-corrected chi connectivity index (χ1v) is 6.64. The lowest BCUT2D eigenvalue weighted by molar-refractivity contribution is 0.439. The molecule has 0 bridgehead atoms. The molecule has 7 heteroatoms. The molecule has 0 atom stereocenters. The summed E-state index contributed by atoms with van der Waals surface area (Å²) in [6.07, 6.45) is 3.05. The normalized spacial score (nSPS) is 12.8. The highest BCUT2D eigenvalue weighted by Gasteiger charge is 2.24. The zero-order chi connectivity index (χ0) is 12.4. The summed E-state index contributed by atoms with van der Waals surface area (Å²) < 4.78 is 26.3. The average Bonchev–Trinajstić information content (AvgIpc) is 2.17. The third-order valence-electron chi connectivity index (χ3n) is 2.20. The van der Waals surface area contributed by atoms with Gasteiger partial charge in [0.05, 0.1) is 12.4 Å². The van der Waals surface area contributed by atoms with Gasteiger partial charge in [-0.1, -0.05) is 6.92 Å². The molecule has 1 aromatic heterocycles. The number of rotatable bonds is 4. The lowest BCUT2D eigenvalue weighted by atomic mass is 10.0. The minimum Gasteiger partial charge on any atom is -0.225 e. The van der Waals surface area contributed by atoms with E-state index in [4.69, 9.17) is 11.6 Å². The first kappa shape index (κ1) is 13.3. The summed E-state index contributed by atoms with van der Waals surface area (Å²) in [5, 5.41) is 0.0219. The van der Waals surface area contributed by atoms with Crippen LogP contribution in [0, 0.1) is 0 Å². The van der Waals surface area contributed by atoms with Gasteiger partial charge in [0.1, 0.15) is 4.90 Å². The van der Waals surface area contributed by atoms with Gasteiger partial charge in [-0.15, -0.1) is 0 Å². The molecule has 0 spiro atoms. The minimum absolute atomic E-state index is 0.0124. The van der Waals surface area contributed by atoms with Crippen molar-refractivity contribution < 1.29 is 8.42 Å². The van der Waals surface area contributed by atoms with Gasteiger partial charge in [-0.05, 0) is 31.9 Å². The number of nitrogens with zero attached hydrogens (tertiary/aromatic N) is 2. The third-order valence-corrected chi connectivity index (χ3v) is 4.05. The molecule has 1 heterocycles. The zero-order valence-corrected chi connectivity index (χ0v) is 10.9. The first-order valence-electron chi connectivity index (χ1n) is 4.78. The maximum atomic E-state index is 11.9. The molecule has 16 heavy (non-hydrogen) atoms. The molecule has 0 aromatic carbocycles. The number of hydrogen-bond donors (Lipinski definition) is 1. The van der Waals surface area contributed by atoms with E-state index in [0.29, 0.717) is 6.42 Å². The number of aromatic nitrogens is 2. The number of nitrogens with one attached hydrogen (secondary N) is 1. The lowest BCUT2D eigenvalue weighted by Gasteiger charge is -2.23. The second kappa shape index (κ2) is 4.65. The van der Waals surface area contributed by atoms with E-state index in [0.717, 1.165) is 0 Å². The number of sulfonamides is 1. The van der Waals surface area contributed by atoms with E-state index in [1.165, 1.54) is 12.4 Å². The first-order chi connectivity index (χ1) is 7.27. The summed E-state index contributed by atoms with van der Waals surface area (Å²) >= 11 is 5.48. The Kier molecular flexibility index (Phi) is 3.88. The average molecular weight is 264 g/mol. The quantitative estimate of drug-likeness (QED) is 0.838. The fourth-order valence-electron chi connectivity index (χ4n) is 0.934. The van der Waals surface area contributed by atoms with Crippen LogP contribution in [0.5, 0.6) is 0 Å². The van der Waals surface area contributed by atoms with E-state index in [1.807, 2.05) is 6.92 Å². The molecule has 1 N–H and O–H groups in total. The highest BCUT2D eigenvalue weighted by atomic mass is 35.5. The second-order valence-electron chi connectivity index (χ2n) is 4.03. The largest absolute Gasteiger partial charge is 0.244 e. The molecule has 5 nitrogen and oxygen atoms in total. The van der Waals surface area contributed by atoms with Crippen LogP contribution >= 0.6 is 11.6 Å². The molecule has 1 rings (SSSR count). The molecular formula is C9H14ClN3O2S. The lowest BCUT2D eigenvalue weighted by Crippen LogP contribution is -2.42. The van der Waals surface area contributed by atoms with E-state index in [2.05, 4.69) is 14.7 Å². The molecule has 0 unspecified atom stereocenters. The van der Waals surface area contributed by atoms with Crippen molar-refractivity contribution in [1.29, 1.82) is 0 Å². The van der Waals surface area contributed by atoms with Gasteiger partial charge in [-0.25, -0.2) is 23.1 Å². The molecular weight excluding hydrogens is 250 g/mol. The Labute approximate surface area is 100 Å². The SMILES string of the molecule is CCC(C)(C)NS(=O)(=O)c1cnc(Cl)nc1. The number of halogens is 1. The van der Waals surface area contributed by atoms with Gasteiger partial charge < -0.3 is 0 Å². The van der Waals surface area contributed by atoms with Crippen LogP contribution in [-0.2, 0) is 10.0 Å². The van der Waals surface area contributed by atoms with Gasteiger partial charge in [0.25, 0.3) is 0 Å². The maximum absolute atomic E-state index is 11.9. The van der Waals surface area contributed by atoms with Crippen LogP contribution in [0.25, 0.3) is 0 Å². The summed E-state index contributed by atoms with van der Waals surface area (Å²) in [6.45, 7) is 5.52. The van der Waals surface area contributed by atoms with Crippen LogP contribution in [0.4, 0.5) is 0 Å². The molecule has 0 amide bonds. The van der Waals surface area contributed by atoms with Gasteiger partial charge in [-0.3, -0.25) is 0 Å². The molecule has 90 valence electrons. The van der Waals surface area contributed by atoms with Crippen molar-refractivity contribution in [1.82, 2.24) is 14.7 Å². The topological polar surface area (TPSA) is 72.0 Å². The molecule has 0 aliphatic carbocycles. The Hall–Kier alpha value is -0.720. The monoisotopic (exact) mass is 263 g/mol. The molecule has 0 aliphatic heterocycles. The fraction of sp³-hybridized carbons (Fsp3) is 0.556. The van der Waals surface area contributed by atoms with Crippen LogP contribution < -0.4 is 4.72 Å². The minimum atomic E-state index is -3.58. The molecule has 0 radical (unpaired) electrons. The Morgan fingerprint density at radius 3 is 2.31 bits per heavy atom. The van der Waals surface area contributed by atoms with Crippen molar-refractivity contribution >= 4 is 21.6 Å². The van der Waals surface area contributed by atoms with Gasteiger partial charge in [0.15, 0.2) is 0 Å². The van der Waals surface area contributed by atoms with E-state index in [1.54, 1.807) is 13.8 Å². The third kappa shape index (κ3) is 3.40. The predicted octanol–water partition coefficient (Wildman–Crippen LogP) is 1.60. The van der Waals surface area contributed by atoms with Crippen molar-refractivity contribution in [3.8, 4) is 0 Å². The van der Waals surface area contributed by atoms with E-state index in [-0.39, 0.29) is 10.2 Å². The molecule has 0 aliphatic rings. The van der Waals surface area contributed by atoms with Crippen molar-refractivity contribution in [2.75, 3.05) is 0 Å². The van der Waals surface area contributed by atoms with Crippen LogP contribution in [0.1, 0.15) is 27.2 Å². The van der Waals surface area contributed by atoms with Crippen LogP contribution in [0.3, 0.4) is 0 Å². The van der Waals surface area contributed by atoms with E-state index < -0.39 is 15.6 Å². The van der Waals surface area contributed by atoms with Crippen molar-refractivity contribution in [3.05, 3.63) is 17.7 Å². The van der Waals surface area contributed by atoms with E-state index in [9.17, 15) is 8.42 Å². The maximum Gasteiger partial charge on any atom is 0.244 e. The van der Waals surface area contributed by atoms with Gasteiger partial charge in [-0.2, -0.15) is 0 Å². The standard InChI is InChI=1S/C9H14ClN3O2S/c1-4-9(2,3)13-16(14,15)7-5-11-8(10)12-6-7/h5-6,13H,4H2,1-3H3. The molecule has 0 fully saturated rings. The zero-order valence-electron chi connectivity index (χ0n) is 9.36. The summed E-state index contributed by atoms with van der Waals surface area (Å²) in [7, 11) is -3.58. The van der Waals surface area contributed by atoms with Gasteiger partial charge in [0, 0.05) is 5.54 Å². The predicted molar refractivity (Wildman–Crippen MR) is 61.7 cm³/mol. The van der Waals surface area contributed by atoms with Crippen molar-refractivity contribution in [3.63, 3.8) is 0 Å². The summed E-state index contributed by atoms with van der Waals surface area (Å²) in [5.74, 6) is 0. The Morgan fingerprint density at radius 2 is 1.88 bits per heavy atom. The second-order valence-corrected chi connectivity index (χ2v) is 6.05. The summed E-state index contributed by atoms with van der Waals surface area (Å²) in [6, 6.07) is 0. The van der Waals surface area contributed by atoms with Crippen molar-refractivity contribution in [2.24, 2.45) is 0 Å². The molecule has 0 saturated carbocycles. The molecule has 1 aromatic rings. The van der Waals surface area contributed by atoms with Gasteiger partial charge in [0.2, 0.25) is 15.3 Å². The van der Waals surface area contributed by atoms with Crippen LogP contribution in [0.2, 0.25) is 5.28 Å². The fourth-order valence-corrected chi connectivity index (χ4v) is 2.40. The highest BCUT2D eigenvalue weighted by molar-refractivity contribution is 7.89. The Balaban J connectivity index is 2.99. The van der Waals surface area contributed by atoms with Crippen LogP contribution in [-0.4, -0.2) is 23.9 Å².